The van der Waals surface area contributed by atoms with Crippen LogP contribution in [0.3, 0.4) is 0 Å². The van der Waals surface area contributed by atoms with Crippen molar-refractivity contribution in [3.63, 3.8) is 0 Å². The van der Waals surface area contributed by atoms with Gasteiger partial charge in [-0.05, 0) is 26.4 Å². The minimum atomic E-state index is -0.374. The van der Waals surface area contributed by atoms with Crippen molar-refractivity contribution in [2.45, 2.75) is 25.0 Å². The molecule has 1 amide bonds. The lowest BCUT2D eigenvalue weighted by molar-refractivity contribution is -0.122. The molecule has 2 saturated heterocycles. The largest absolute Gasteiger partial charge is 0.392 e. The van der Waals surface area contributed by atoms with Crippen molar-refractivity contribution in [2.24, 2.45) is 0 Å². The van der Waals surface area contributed by atoms with Crippen molar-refractivity contribution in [2.75, 3.05) is 52.9 Å². The van der Waals surface area contributed by atoms with Gasteiger partial charge in [-0.2, -0.15) is 0 Å². The van der Waals surface area contributed by atoms with Gasteiger partial charge < -0.3 is 25.5 Å². The first kappa shape index (κ1) is 14.7. The number of nitrogens with zero attached hydrogens (tertiary/aromatic N) is 2. The highest BCUT2D eigenvalue weighted by Crippen LogP contribution is 2.06. The summed E-state index contributed by atoms with van der Waals surface area (Å²) in [6.45, 7) is 6.82. The van der Waals surface area contributed by atoms with Gasteiger partial charge in [-0.1, -0.05) is 0 Å². The number of aliphatic hydroxyl groups is 1. The molecule has 2 aliphatic rings. The first-order chi connectivity index (χ1) is 9.15. The second kappa shape index (κ2) is 7.19. The highest BCUT2D eigenvalue weighted by atomic mass is 16.3. The maximum Gasteiger partial charge on any atom is 0.237 e. The van der Waals surface area contributed by atoms with E-state index in [2.05, 4.69) is 27.5 Å². The molecular formula is C13H26N4O2. The molecule has 0 aliphatic carbocycles. The fourth-order valence-corrected chi connectivity index (χ4v) is 2.63. The molecule has 2 aliphatic heterocycles. The fourth-order valence-electron chi connectivity index (χ4n) is 2.63. The summed E-state index contributed by atoms with van der Waals surface area (Å²) in [5.74, 6) is 0.0231. The molecule has 0 radical (unpaired) electrons. The molecule has 0 bridgehead atoms. The Bertz CT molecular complexity index is 292. The fraction of sp³-hybridized carbons (Fsp3) is 0.923. The number of hydrogen-bond acceptors (Lipinski definition) is 5. The van der Waals surface area contributed by atoms with E-state index < -0.39 is 0 Å². The molecule has 6 nitrogen and oxygen atoms in total. The standard InChI is InChI=1S/C13H26N4O2/c1-16-5-7-17(8-6-16)4-2-3-14-13(19)12-9-11(18)10-15-12/h11-12,15,18H,2-10H2,1H3,(H,14,19). The number of aliphatic hydroxyl groups excluding tert-OH is 1. The Hall–Kier alpha value is -0.690. The van der Waals surface area contributed by atoms with Crippen molar-refractivity contribution in [1.82, 2.24) is 20.4 Å². The third kappa shape index (κ3) is 4.72. The third-order valence-electron chi connectivity index (χ3n) is 3.97. The van der Waals surface area contributed by atoms with Crippen molar-refractivity contribution in [1.29, 1.82) is 0 Å². The Morgan fingerprint density at radius 1 is 1.37 bits per heavy atom. The molecule has 0 aromatic heterocycles. The number of likely N-dealkylation sites (N-methyl/N-ethyl adjacent to an activating group) is 1. The summed E-state index contributed by atoms with van der Waals surface area (Å²) in [4.78, 5) is 16.6. The van der Waals surface area contributed by atoms with E-state index in [0.29, 0.717) is 13.0 Å². The summed E-state index contributed by atoms with van der Waals surface area (Å²) in [7, 11) is 2.15. The van der Waals surface area contributed by atoms with E-state index in [4.69, 9.17) is 0 Å². The Morgan fingerprint density at radius 2 is 2.11 bits per heavy atom. The molecule has 2 heterocycles. The second-order valence-corrected chi connectivity index (χ2v) is 5.64. The molecule has 0 saturated carbocycles. The molecule has 19 heavy (non-hydrogen) atoms. The SMILES string of the molecule is CN1CCN(CCCNC(=O)C2CC(O)CN2)CC1. The molecule has 2 unspecified atom stereocenters. The Balaban J connectivity index is 1.53. The predicted molar refractivity (Wildman–Crippen MR) is 74.0 cm³/mol. The number of β-amino-alcohol motifs (C(OH)–C–C–N with tert-alkyl or cyclic N) is 1. The van der Waals surface area contributed by atoms with Crippen LogP contribution in [0, 0.1) is 0 Å². The van der Waals surface area contributed by atoms with Crippen LogP contribution in [-0.2, 0) is 4.79 Å². The predicted octanol–water partition coefficient (Wildman–Crippen LogP) is -1.54. The second-order valence-electron chi connectivity index (χ2n) is 5.64. The van der Waals surface area contributed by atoms with Gasteiger partial charge in [-0.25, -0.2) is 0 Å². The van der Waals surface area contributed by atoms with Gasteiger partial charge in [0.1, 0.15) is 0 Å². The number of hydrogen-bond donors (Lipinski definition) is 3. The lowest BCUT2D eigenvalue weighted by atomic mass is 10.2. The average molecular weight is 270 g/mol. The number of amides is 1. The Kier molecular flexibility index (Phi) is 5.57. The summed E-state index contributed by atoms with van der Waals surface area (Å²) in [6, 6.07) is -0.210. The van der Waals surface area contributed by atoms with Gasteiger partial charge in [-0.3, -0.25) is 4.79 Å². The van der Waals surface area contributed by atoms with E-state index in [1.165, 1.54) is 0 Å². The van der Waals surface area contributed by atoms with Crippen LogP contribution < -0.4 is 10.6 Å². The Labute approximate surface area is 115 Å². The van der Waals surface area contributed by atoms with E-state index in [0.717, 1.165) is 45.7 Å². The quantitative estimate of drug-likeness (QED) is 0.529. The zero-order valence-corrected chi connectivity index (χ0v) is 11.8. The van der Waals surface area contributed by atoms with E-state index in [1.54, 1.807) is 0 Å². The van der Waals surface area contributed by atoms with Crippen LogP contribution >= 0.6 is 0 Å². The van der Waals surface area contributed by atoms with Crippen molar-refractivity contribution < 1.29 is 9.90 Å². The zero-order valence-electron chi connectivity index (χ0n) is 11.8. The first-order valence-electron chi connectivity index (χ1n) is 7.25. The van der Waals surface area contributed by atoms with Gasteiger partial charge in [0.2, 0.25) is 5.91 Å². The molecular weight excluding hydrogens is 244 g/mol. The van der Waals surface area contributed by atoms with E-state index >= 15 is 0 Å². The maximum absolute atomic E-state index is 11.8. The normalized spacial score (nSPS) is 29.6. The lowest BCUT2D eigenvalue weighted by Gasteiger charge is -2.32. The number of rotatable bonds is 5. The summed E-state index contributed by atoms with van der Waals surface area (Å²) in [5.41, 5.74) is 0. The van der Waals surface area contributed by atoms with Crippen LogP contribution in [0.5, 0.6) is 0 Å². The van der Waals surface area contributed by atoms with Gasteiger partial charge in [0, 0.05) is 39.3 Å². The summed E-state index contributed by atoms with van der Waals surface area (Å²) < 4.78 is 0. The highest BCUT2D eigenvalue weighted by Gasteiger charge is 2.27. The summed E-state index contributed by atoms with van der Waals surface area (Å²) in [5, 5.41) is 15.3. The van der Waals surface area contributed by atoms with Crippen LogP contribution in [-0.4, -0.2) is 85.8 Å². The minimum absolute atomic E-state index is 0.0231. The van der Waals surface area contributed by atoms with Crippen LogP contribution in [0.2, 0.25) is 0 Å². The van der Waals surface area contributed by atoms with Crippen LogP contribution in [0.4, 0.5) is 0 Å². The van der Waals surface area contributed by atoms with Gasteiger partial charge >= 0.3 is 0 Å². The van der Waals surface area contributed by atoms with E-state index in [9.17, 15) is 9.90 Å². The number of piperazine rings is 1. The molecule has 2 fully saturated rings. The third-order valence-corrected chi connectivity index (χ3v) is 3.97. The summed E-state index contributed by atoms with van der Waals surface area (Å²) >= 11 is 0. The average Bonchev–Trinajstić information content (AvgIpc) is 2.83. The molecule has 2 rings (SSSR count). The maximum atomic E-state index is 11.8. The number of carbonyl (C=O) groups is 1. The van der Waals surface area contributed by atoms with Crippen molar-refractivity contribution >= 4 is 5.91 Å². The topological polar surface area (TPSA) is 67.8 Å². The van der Waals surface area contributed by atoms with Crippen molar-refractivity contribution in [3.05, 3.63) is 0 Å². The van der Waals surface area contributed by atoms with Crippen LogP contribution in [0.1, 0.15) is 12.8 Å². The zero-order chi connectivity index (χ0) is 13.7. The monoisotopic (exact) mass is 270 g/mol. The van der Waals surface area contributed by atoms with Gasteiger partial charge in [0.15, 0.2) is 0 Å². The Morgan fingerprint density at radius 3 is 2.74 bits per heavy atom. The molecule has 110 valence electrons. The molecule has 3 N–H and O–H groups in total. The minimum Gasteiger partial charge on any atom is -0.392 e. The van der Waals surface area contributed by atoms with Gasteiger partial charge in [0.05, 0.1) is 12.1 Å². The number of carbonyl (C=O) groups excluding carboxylic acids is 1. The molecule has 0 aromatic carbocycles. The van der Waals surface area contributed by atoms with E-state index in [1.807, 2.05) is 0 Å². The van der Waals surface area contributed by atoms with Crippen LogP contribution in [0.25, 0.3) is 0 Å². The smallest absolute Gasteiger partial charge is 0.237 e. The number of nitrogens with one attached hydrogen (secondary N) is 2. The molecule has 6 heteroatoms. The summed E-state index contributed by atoms with van der Waals surface area (Å²) in [6.07, 6.45) is 1.15. The molecule has 0 aromatic rings. The first-order valence-corrected chi connectivity index (χ1v) is 7.25. The van der Waals surface area contributed by atoms with Crippen molar-refractivity contribution in [3.8, 4) is 0 Å². The molecule has 0 spiro atoms. The highest BCUT2D eigenvalue weighted by molar-refractivity contribution is 5.82. The van der Waals surface area contributed by atoms with Gasteiger partial charge in [-0.15, -0.1) is 0 Å². The van der Waals surface area contributed by atoms with Gasteiger partial charge in [0.25, 0.3) is 0 Å². The molecule has 2 atom stereocenters. The van der Waals surface area contributed by atoms with E-state index in [-0.39, 0.29) is 18.1 Å². The van der Waals surface area contributed by atoms with Crippen LogP contribution in [0.15, 0.2) is 0 Å². The lowest BCUT2D eigenvalue weighted by Crippen LogP contribution is -2.45.